The third kappa shape index (κ3) is 1.89. The number of aromatic carboxylic acids is 1. The van der Waals surface area contributed by atoms with Gasteiger partial charge in [0.2, 0.25) is 0 Å². The fraction of sp³-hybridized carbons (Fsp3) is 0. The lowest BCUT2D eigenvalue weighted by atomic mass is 10.0. The Kier molecular flexibility index (Phi) is 2.95. The Bertz CT molecular complexity index is 837. The van der Waals surface area contributed by atoms with Crippen molar-refractivity contribution in [2.45, 2.75) is 4.90 Å². The van der Waals surface area contributed by atoms with Crippen molar-refractivity contribution in [1.82, 2.24) is 0 Å². The fourth-order valence-corrected chi connectivity index (χ4v) is 2.81. The minimum atomic E-state index is -5.02. The van der Waals surface area contributed by atoms with Crippen molar-refractivity contribution < 1.29 is 38.2 Å². The van der Waals surface area contributed by atoms with Gasteiger partial charge in [0, 0.05) is 5.39 Å². The molecule has 0 fully saturated rings. The van der Waals surface area contributed by atoms with Gasteiger partial charge in [-0.15, -0.1) is 0 Å². The molecular formula is C11H8O8S. The zero-order valence-corrected chi connectivity index (χ0v) is 10.4. The van der Waals surface area contributed by atoms with Crippen LogP contribution in [0.15, 0.2) is 23.1 Å². The number of fused-ring (bicyclic) bond motifs is 1. The third-order valence-corrected chi connectivity index (χ3v) is 3.62. The number of benzene rings is 2. The number of carbonyl (C=O) groups is 1. The molecule has 2 aromatic rings. The second-order valence-corrected chi connectivity index (χ2v) is 5.24. The number of carboxylic acids is 1. The Hall–Kier alpha value is -2.52. The molecule has 0 heterocycles. The molecule has 0 amide bonds. The number of aromatic hydroxyl groups is 3. The minimum absolute atomic E-state index is 0.430. The zero-order chi connectivity index (χ0) is 15.2. The van der Waals surface area contributed by atoms with Gasteiger partial charge in [-0.25, -0.2) is 4.79 Å². The van der Waals surface area contributed by atoms with E-state index >= 15 is 0 Å². The van der Waals surface area contributed by atoms with E-state index in [1.165, 1.54) is 6.07 Å². The van der Waals surface area contributed by atoms with Crippen LogP contribution in [0.5, 0.6) is 17.2 Å². The molecule has 8 nitrogen and oxygen atoms in total. The van der Waals surface area contributed by atoms with Gasteiger partial charge in [0.1, 0.15) is 16.2 Å². The summed E-state index contributed by atoms with van der Waals surface area (Å²) in [6, 6.07) is 3.36. The molecule has 0 saturated carbocycles. The van der Waals surface area contributed by atoms with E-state index in [-0.39, 0.29) is 0 Å². The van der Waals surface area contributed by atoms with Gasteiger partial charge < -0.3 is 20.4 Å². The first-order valence-electron chi connectivity index (χ1n) is 5.06. The predicted octanol–water partition coefficient (Wildman–Crippen LogP) is 0.901. The lowest BCUT2D eigenvalue weighted by molar-refractivity contribution is 0.0688. The van der Waals surface area contributed by atoms with Crippen molar-refractivity contribution in [3.63, 3.8) is 0 Å². The van der Waals surface area contributed by atoms with E-state index in [4.69, 9.17) is 9.66 Å². The van der Waals surface area contributed by atoms with Crippen molar-refractivity contribution in [3.8, 4) is 17.2 Å². The Morgan fingerprint density at radius 1 is 1.05 bits per heavy atom. The van der Waals surface area contributed by atoms with Gasteiger partial charge in [0.05, 0.1) is 5.39 Å². The Morgan fingerprint density at radius 2 is 1.65 bits per heavy atom. The van der Waals surface area contributed by atoms with Crippen LogP contribution in [0.3, 0.4) is 0 Å². The molecule has 0 saturated heterocycles. The molecule has 9 heteroatoms. The average molecular weight is 300 g/mol. The zero-order valence-electron chi connectivity index (χ0n) is 9.60. The maximum atomic E-state index is 11.4. The van der Waals surface area contributed by atoms with Gasteiger partial charge in [-0.1, -0.05) is 12.1 Å². The number of hydrogen-bond donors (Lipinski definition) is 5. The summed E-state index contributed by atoms with van der Waals surface area (Å²) in [5.74, 6) is -4.71. The van der Waals surface area contributed by atoms with Gasteiger partial charge in [-0.3, -0.25) is 4.55 Å². The van der Waals surface area contributed by atoms with Gasteiger partial charge >= 0.3 is 5.97 Å². The molecule has 0 aromatic heterocycles. The molecule has 0 bridgehead atoms. The summed E-state index contributed by atoms with van der Waals surface area (Å²) in [5, 5.41) is 37.0. The molecule has 5 N–H and O–H groups in total. The molecule has 106 valence electrons. The quantitative estimate of drug-likeness (QED) is 0.405. The normalized spacial score (nSPS) is 11.7. The Labute approximate surface area is 111 Å². The summed E-state index contributed by atoms with van der Waals surface area (Å²) in [5.41, 5.74) is -1.18. The van der Waals surface area contributed by atoms with Crippen LogP contribution in [-0.4, -0.2) is 39.4 Å². The molecule has 0 aliphatic heterocycles. The second-order valence-electron chi connectivity index (χ2n) is 3.88. The summed E-state index contributed by atoms with van der Waals surface area (Å²) >= 11 is 0. The van der Waals surface area contributed by atoms with Gasteiger partial charge in [-0.2, -0.15) is 8.42 Å². The Balaban J connectivity index is 3.24. The van der Waals surface area contributed by atoms with Crippen LogP contribution in [0.2, 0.25) is 0 Å². The van der Waals surface area contributed by atoms with Crippen LogP contribution in [0.1, 0.15) is 10.4 Å². The highest BCUT2D eigenvalue weighted by molar-refractivity contribution is 7.86. The molecule has 2 rings (SSSR count). The lowest BCUT2D eigenvalue weighted by Gasteiger charge is -2.12. The van der Waals surface area contributed by atoms with Crippen molar-refractivity contribution in [3.05, 3.63) is 23.8 Å². The first kappa shape index (κ1) is 13.9. The van der Waals surface area contributed by atoms with Gasteiger partial charge in [0.25, 0.3) is 10.1 Å². The van der Waals surface area contributed by atoms with E-state index in [1.54, 1.807) is 0 Å². The summed E-state index contributed by atoms with van der Waals surface area (Å²) < 4.78 is 31.9. The van der Waals surface area contributed by atoms with Crippen LogP contribution < -0.4 is 0 Å². The van der Waals surface area contributed by atoms with Crippen molar-refractivity contribution >= 4 is 26.9 Å². The van der Waals surface area contributed by atoms with Crippen LogP contribution in [0.25, 0.3) is 10.8 Å². The SMILES string of the molecule is O=C(O)c1c(O)c(O)c2c(O)cccc2c1S(=O)(=O)O. The molecule has 0 atom stereocenters. The largest absolute Gasteiger partial charge is 0.507 e. The molecule has 0 aliphatic carbocycles. The highest BCUT2D eigenvalue weighted by atomic mass is 32.2. The van der Waals surface area contributed by atoms with Crippen LogP contribution in [-0.2, 0) is 10.1 Å². The molecule has 0 aliphatic rings. The smallest absolute Gasteiger partial charge is 0.341 e. The topological polar surface area (TPSA) is 152 Å². The van der Waals surface area contributed by atoms with E-state index in [0.29, 0.717) is 0 Å². The van der Waals surface area contributed by atoms with Crippen LogP contribution in [0.4, 0.5) is 0 Å². The number of carboxylic acid groups (broad SMARTS) is 1. The van der Waals surface area contributed by atoms with Crippen molar-refractivity contribution in [2.75, 3.05) is 0 Å². The predicted molar refractivity (Wildman–Crippen MR) is 65.7 cm³/mol. The second kappa shape index (κ2) is 4.25. The van der Waals surface area contributed by atoms with Gasteiger partial charge in [0.15, 0.2) is 11.5 Å². The number of phenolic OH excluding ortho intramolecular Hbond substituents is 2. The highest BCUT2D eigenvalue weighted by Crippen LogP contribution is 2.45. The summed E-state index contributed by atoms with van der Waals surface area (Å²) in [6.07, 6.45) is 0. The number of rotatable bonds is 2. The maximum absolute atomic E-state index is 11.4. The fourth-order valence-electron chi connectivity index (χ4n) is 1.92. The number of phenols is 3. The highest BCUT2D eigenvalue weighted by Gasteiger charge is 2.31. The molecular weight excluding hydrogens is 292 g/mol. The van der Waals surface area contributed by atoms with E-state index in [9.17, 15) is 28.5 Å². The third-order valence-electron chi connectivity index (χ3n) is 2.68. The van der Waals surface area contributed by atoms with E-state index in [1.807, 2.05) is 0 Å². The maximum Gasteiger partial charge on any atom is 0.341 e. The summed E-state index contributed by atoms with van der Waals surface area (Å²) in [7, 11) is -5.02. The van der Waals surface area contributed by atoms with E-state index in [2.05, 4.69) is 0 Å². The molecule has 20 heavy (non-hydrogen) atoms. The molecule has 0 unspecified atom stereocenters. The van der Waals surface area contributed by atoms with Crippen molar-refractivity contribution in [2.24, 2.45) is 0 Å². The summed E-state index contributed by atoms with van der Waals surface area (Å²) in [6.45, 7) is 0. The Morgan fingerprint density at radius 3 is 2.15 bits per heavy atom. The molecule has 0 radical (unpaired) electrons. The standard InChI is InChI=1S/C11H8O8S/c12-5-3-1-2-4-6(5)8(13)9(14)7(11(15)16)10(4)20(17,18)19/h1-3,12-14H,(H,15,16)(H,17,18,19). The number of hydrogen-bond acceptors (Lipinski definition) is 6. The minimum Gasteiger partial charge on any atom is -0.507 e. The van der Waals surface area contributed by atoms with Gasteiger partial charge in [-0.05, 0) is 6.07 Å². The van der Waals surface area contributed by atoms with Crippen LogP contribution in [0, 0.1) is 0 Å². The summed E-state index contributed by atoms with van der Waals surface area (Å²) in [4.78, 5) is 9.96. The van der Waals surface area contributed by atoms with Crippen molar-refractivity contribution in [1.29, 1.82) is 0 Å². The molecule has 2 aromatic carbocycles. The molecule has 0 spiro atoms. The van der Waals surface area contributed by atoms with Crippen LogP contribution >= 0.6 is 0 Å². The van der Waals surface area contributed by atoms with E-state index < -0.39 is 54.6 Å². The first-order chi connectivity index (χ1) is 9.16. The average Bonchev–Trinajstić information content (AvgIpc) is 2.31. The monoisotopic (exact) mass is 300 g/mol. The lowest BCUT2D eigenvalue weighted by Crippen LogP contribution is -2.09. The first-order valence-corrected chi connectivity index (χ1v) is 6.50. The van der Waals surface area contributed by atoms with E-state index in [0.717, 1.165) is 12.1 Å².